The average molecular weight is 268 g/mol. The van der Waals surface area contributed by atoms with E-state index in [0.717, 1.165) is 38.6 Å². The van der Waals surface area contributed by atoms with Gasteiger partial charge in [-0.25, -0.2) is 0 Å². The van der Waals surface area contributed by atoms with E-state index in [1.165, 1.54) is 0 Å². The van der Waals surface area contributed by atoms with Crippen molar-refractivity contribution >= 4 is 11.9 Å². The molecule has 1 aliphatic carbocycles. The van der Waals surface area contributed by atoms with Crippen molar-refractivity contribution in [1.29, 1.82) is 0 Å². The Morgan fingerprint density at radius 2 is 2.00 bits per heavy atom. The molecule has 2 rings (SSSR count). The largest absolute Gasteiger partial charge is 0.481 e. The van der Waals surface area contributed by atoms with Crippen LogP contribution in [0.1, 0.15) is 45.4 Å². The number of aliphatic carboxylic acids is 1. The highest BCUT2D eigenvalue weighted by Crippen LogP contribution is 2.28. The molecule has 3 atom stereocenters. The van der Waals surface area contributed by atoms with E-state index in [4.69, 9.17) is 0 Å². The summed E-state index contributed by atoms with van der Waals surface area (Å²) >= 11 is 0. The maximum atomic E-state index is 12.4. The van der Waals surface area contributed by atoms with E-state index in [1.54, 1.807) is 0 Å². The highest BCUT2D eigenvalue weighted by Gasteiger charge is 2.39. The third kappa shape index (κ3) is 3.26. The molecule has 1 saturated heterocycles. The lowest BCUT2D eigenvalue weighted by atomic mass is 9.87. The van der Waals surface area contributed by atoms with Crippen molar-refractivity contribution in [3.8, 4) is 0 Å². The van der Waals surface area contributed by atoms with Crippen molar-refractivity contribution in [1.82, 2.24) is 10.6 Å². The summed E-state index contributed by atoms with van der Waals surface area (Å²) in [6.45, 7) is 3.50. The summed E-state index contributed by atoms with van der Waals surface area (Å²) in [5.74, 6) is -1.19. The summed E-state index contributed by atoms with van der Waals surface area (Å²) in [6, 6.07) is -0.204. The zero-order valence-corrected chi connectivity index (χ0v) is 11.6. The molecule has 5 heteroatoms. The van der Waals surface area contributed by atoms with Gasteiger partial charge >= 0.3 is 5.97 Å². The number of carboxylic acids is 1. The molecule has 108 valence electrons. The predicted octanol–water partition coefficient (Wildman–Crippen LogP) is 1.14. The van der Waals surface area contributed by atoms with E-state index >= 15 is 0 Å². The van der Waals surface area contributed by atoms with Gasteiger partial charge in [-0.3, -0.25) is 9.59 Å². The van der Waals surface area contributed by atoms with Crippen LogP contribution in [0.5, 0.6) is 0 Å². The van der Waals surface area contributed by atoms with Crippen LogP contribution in [0.3, 0.4) is 0 Å². The Kier molecular flexibility index (Phi) is 4.45. The number of nitrogens with one attached hydrogen (secondary N) is 2. The average Bonchev–Trinajstić information content (AvgIpc) is 2.68. The van der Waals surface area contributed by atoms with E-state index < -0.39 is 11.9 Å². The normalized spacial score (nSPS) is 35.6. The van der Waals surface area contributed by atoms with Gasteiger partial charge in [-0.05, 0) is 32.7 Å². The molecule has 2 aliphatic rings. The van der Waals surface area contributed by atoms with Gasteiger partial charge in [0.15, 0.2) is 0 Å². The van der Waals surface area contributed by atoms with Crippen LogP contribution in [0.15, 0.2) is 0 Å². The van der Waals surface area contributed by atoms with Gasteiger partial charge in [-0.1, -0.05) is 19.3 Å². The number of carbonyl (C=O) groups excluding carboxylic acids is 1. The fourth-order valence-electron chi connectivity index (χ4n) is 3.13. The minimum Gasteiger partial charge on any atom is -0.481 e. The highest BCUT2D eigenvalue weighted by molar-refractivity contribution is 5.84. The first-order valence-electron chi connectivity index (χ1n) is 7.27. The molecule has 1 amide bonds. The zero-order chi connectivity index (χ0) is 13.9. The second kappa shape index (κ2) is 5.90. The van der Waals surface area contributed by atoms with E-state index in [9.17, 15) is 14.7 Å². The van der Waals surface area contributed by atoms with Crippen LogP contribution in [0.4, 0.5) is 0 Å². The molecule has 0 aromatic rings. The monoisotopic (exact) mass is 268 g/mol. The van der Waals surface area contributed by atoms with Gasteiger partial charge in [-0.2, -0.15) is 0 Å². The standard InChI is InChI=1S/C14H24N2O3/c1-14(7-8-15-9-14)13(19)16-11-6-4-2-3-5-10(11)12(17)18/h10-11,15H,2-9H2,1H3,(H,16,19)(H,17,18). The molecule has 0 aromatic heterocycles. The Balaban J connectivity index is 2.02. The molecule has 0 radical (unpaired) electrons. The Morgan fingerprint density at radius 1 is 1.26 bits per heavy atom. The summed E-state index contributed by atoms with van der Waals surface area (Å²) in [5.41, 5.74) is -0.380. The quantitative estimate of drug-likeness (QED) is 0.671. The molecule has 1 saturated carbocycles. The predicted molar refractivity (Wildman–Crippen MR) is 71.7 cm³/mol. The molecule has 0 spiro atoms. The number of rotatable bonds is 3. The van der Waals surface area contributed by atoms with E-state index in [2.05, 4.69) is 10.6 Å². The minimum atomic E-state index is -0.776. The minimum absolute atomic E-state index is 0.00986. The Morgan fingerprint density at radius 3 is 2.63 bits per heavy atom. The Hall–Kier alpha value is -1.10. The van der Waals surface area contributed by atoms with Crippen molar-refractivity contribution in [2.45, 2.75) is 51.5 Å². The van der Waals surface area contributed by atoms with Gasteiger partial charge in [0.25, 0.3) is 0 Å². The molecule has 1 aliphatic heterocycles. The lowest BCUT2D eigenvalue weighted by molar-refractivity contribution is -0.143. The van der Waals surface area contributed by atoms with Gasteiger partial charge in [0.1, 0.15) is 0 Å². The number of hydrogen-bond acceptors (Lipinski definition) is 3. The summed E-state index contributed by atoms with van der Waals surface area (Å²) < 4.78 is 0. The summed E-state index contributed by atoms with van der Waals surface area (Å²) in [4.78, 5) is 23.7. The highest BCUT2D eigenvalue weighted by atomic mass is 16.4. The molecular formula is C14H24N2O3. The lowest BCUT2D eigenvalue weighted by Gasteiger charge is -2.28. The molecular weight excluding hydrogens is 244 g/mol. The van der Waals surface area contributed by atoms with Gasteiger partial charge < -0.3 is 15.7 Å². The Labute approximate surface area is 114 Å². The van der Waals surface area contributed by atoms with Gasteiger partial charge in [0, 0.05) is 12.6 Å². The summed E-state index contributed by atoms with van der Waals surface area (Å²) in [6.07, 6.45) is 5.30. The van der Waals surface area contributed by atoms with Crippen molar-refractivity contribution in [3.05, 3.63) is 0 Å². The van der Waals surface area contributed by atoms with Crippen LogP contribution in [0.2, 0.25) is 0 Å². The molecule has 19 heavy (non-hydrogen) atoms. The van der Waals surface area contributed by atoms with Crippen molar-refractivity contribution < 1.29 is 14.7 Å². The second-order valence-corrected chi connectivity index (χ2v) is 6.15. The smallest absolute Gasteiger partial charge is 0.308 e. The van der Waals surface area contributed by atoms with E-state index in [-0.39, 0.29) is 17.4 Å². The molecule has 0 aromatic carbocycles. The first-order valence-corrected chi connectivity index (χ1v) is 7.27. The molecule has 2 fully saturated rings. The van der Waals surface area contributed by atoms with Gasteiger partial charge in [0.2, 0.25) is 5.91 Å². The van der Waals surface area contributed by atoms with E-state index in [0.29, 0.717) is 13.0 Å². The van der Waals surface area contributed by atoms with E-state index in [1.807, 2.05) is 6.92 Å². The van der Waals surface area contributed by atoms with Crippen molar-refractivity contribution in [2.24, 2.45) is 11.3 Å². The molecule has 3 unspecified atom stereocenters. The van der Waals surface area contributed by atoms with Crippen molar-refractivity contribution in [2.75, 3.05) is 13.1 Å². The van der Waals surface area contributed by atoms with Crippen molar-refractivity contribution in [3.63, 3.8) is 0 Å². The fourth-order valence-corrected chi connectivity index (χ4v) is 3.13. The van der Waals surface area contributed by atoms with Crippen LogP contribution < -0.4 is 10.6 Å². The van der Waals surface area contributed by atoms with Gasteiger partial charge in [0.05, 0.1) is 11.3 Å². The van der Waals surface area contributed by atoms with Gasteiger partial charge in [-0.15, -0.1) is 0 Å². The lowest BCUT2D eigenvalue weighted by Crippen LogP contribution is -2.49. The fraction of sp³-hybridized carbons (Fsp3) is 0.857. The molecule has 3 N–H and O–H groups in total. The third-order valence-corrected chi connectivity index (χ3v) is 4.57. The molecule has 5 nitrogen and oxygen atoms in total. The first-order chi connectivity index (χ1) is 9.03. The summed E-state index contributed by atoms with van der Waals surface area (Å²) in [7, 11) is 0. The van der Waals surface area contributed by atoms with Crippen LogP contribution in [-0.2, 0) is 9.59 Å². The summed E-state index contributed by atoms with van der Waals surface area (Å²) in [5, 5.41) is 15.5. The maximum absolute atomic E-state index is 12.4. The maximum Gasteiger partial charge on any atom is 0.308 e. The zero-order valence-electron chi connectivity index (χ0n) is 11.6. The number of carboxylic acid groups (broad SMARTS) is 1. The van der Waals surface area contributed by atoms with Crippen LogP contribution >= 0.6 is 0 Å². The number of carbonyl (C=O) groups is 2. The first kappa shape index (κ1) is 14.3. The number of amides is 1. The second-order valence-electron chi connectivity index (χ2n) is 6.15. The third-order valence-electron chi connectivity index (χ3n) is 4.57. The molecule has 0 bridgehead atoms. The molecule has 1 heterocycles. The number of hydrogen-bond donors (Lipinski definition) is 3. The van der Waals surface area contributed by atoms with Crippen LogP contribution in [0.25, 0.3) is 0 Å². The topological polar surface area (TPSA) is 78.4 Å². The van der Waals surface area contributed by atoms with Crippen LogP contribution in [-0.4, -0.2) is 36.1 Å². The Bertz CT molecular complexity index is 351. The SMILES string of the molecule is CC1(C(=O)NC2CCCCCC2C(=O)O)CCNC1. The van der Waals surface area contributed by atoms with Crippen LogP contribution in [0, 0.1) is 11.3 Å².